The van der Waals surface area contributed by atoms with Crippen LogP contribution in [0.3, 0.4) is 0 Å². The molecule has 1 saturated carbocycles. The van der Waals surface area contributed by atoms with Gasteiger partial charge in [-0.3, -0.25) is 0 Å². The van der Waals surface area contributed by atoms with Crippen molar-refractivity contribution in [3.8, 4) is 11.5 Å². The third-order valence-electron chi connectivity index (χ3n) is 3.74. The van der Waals surface area contributed by atoms with Gasteiger partial charge in [0.05, 0.1) is 6.10 Å². The molecule has 1 aliphatic carbocycles. The van der Waals surface area contributed by atoms with Crippen molar-refractivity contribution >= 4 is 0 Å². The van der Waals surface area contributed by atoms with E-state index in [0.717, 1.165) is 37.0 Å². The molecule has 3 nitrogen and oxygen atoms in total. The van der Waals surface area contributed by atoms with E-state index >= 15 is 0 Å². The highest BCUT2D eigenvalue weighted by Crippen LogP contribution is 2.39. The monoisotopic (exact) mass is 220 g/mol. The van der Waals surface area contributed by atoms with E-state index in [2.05, 4.69) is 0 Å². The Balaban J connectivity index is 1.93. The van der Waals surface area contributed by atoms with Gasteiger partial charge in [-0.2, -0.15) is 0 Å². The van der Waals surface area contributed by atoms with E-state index in [4.69, 9.17) is 4.74 Å². The van der Waals surface area contributed by atoms with Crippen LogP contribution in [0.2, 0.25) is 0 Å². The van der Waals surface area contributed by atoms with Gasteiger partial charge >= 0.3 is 0 Å². The van der Waals surface area contributed by atoms with Crippen LogP contribution in [-0.4, -0.2) is 22.4 Å². The second-order valence-corrected chi connectivity index (χ2v) is 4.81. The molecular formula is C13H16O3. The van der Waals surface area contributed by atoms with Crippen LogP contribution in [0.15, 0.2) is 18.2 Å². The Kier molecular flexibility index (Phi) is 2.28. The third kappa shape index (κ3) is 1.55. The Labute approximate surface area is 94.7 Å². The molecule has 0 amide bonds. The Morgan fingerprint density at radius 1 is 1.25 bits per heavy atom. The summed E-state index contributed by atoms with van der Waals surface area (Å²) in [6.07, 6.45) is 3.65. The number of benzene rings is 1. The highest BCUT2D eigenvalue weighted by atomic mass is 16.5. The molecule has 0 unspecified atom stereocenters. The van der Waals surface area contributed by atoms with Crippen molar-refractivity contribution in [3.05, 3.63) is 23.8 Å². The molecule has 0 saturated heterocycles. The fourth-order valence-corrected chi connectivity index (χ4v) is 2.88. The summed E-state index contributed by atoms with van der Waals surface area (Å²) >= 11 is 0. The molecule has 1 aromatic carbocycles. The van der Waals surface area contributed by atoms with Crippen LogP contribution in [0, 0.1) is 5.92 Å². The lowest BCUT2D eigenvalue weighted by molar-refractivity contribution is -0.0210. The van der Waals surface area contributed by atoms with Gasteiger partial charge in [0.25, 0.3) is 0 Å². The van der Waals surface area contributed by atoms with Gasteiger partial charge in [0.1, 0.15) is 17.6 Å². The molecule has 0 spiro atoms. The number of aliphatic hydroxyl groups is 1. The lowest BCUT2D eigenvalue weighted by Gasteiger charge is -2.39. The van der Waals surface area contributed by atoms with Crippen molar-refractivity contribution in [3.63, 3.8) is 0 Å². The predicted octanol–water partition coefficient (Wildman–Crippen LogP) is 1.86. The van der Waals surface area contributed by atoms with E-state index in [-0.39, 0.29) is 23.9 Å². The Morgan fingerprint density at radius 2 is 2.12 bits per heavy atom. The summed E-state index contributed by atoms with van der Waals surface area (Å²) in [6.45, 7) is 0. The average Bonchev–Trinajstić information content (AvgIpc) is 2.28. The zero-order chi connectivity index (χ0) is 11.1. The lowest BCUT2D eigenvalue weighted by Crippen LogP contribution is -2.43. The van der Waals surface area contributed by atoms with E-state index in [1.165, 1.54) is 0 Å². The van der Waals surface area contributed by atoms with Crippen molar-refractivity contribution in [2.45, 2.75) is 37.9 Å². The van der Waals surface area contributed by atoms with Crippen LogP contribution in [0.25, 0.3) is 0 Å². The van der Waals surface area contributed by atoms with E-state index < -0.39 is 0 Å². The minimum atomic E-state index is -0.255. The molecule has 0 bridgehead atoms. The minimum absolute atomic E-state index is 0.154. The summed E-state index contributed by atoms with van der Waals surface area (Å²) in [5.41, 5.74) is 1.02. The Bertz CT molecular complexity index is 402. The summed E-state index contributed by atoms with van der Waals surface area (Å²) in [6, 6.07) is 5.22. The minimum Gasteiger partial charge on any atom is -0.508 e. The highest BCUT2D eigenvalue weighted by Gasteiger charge is 2.37. The van der Waals surface area contributed by atoms with Crippen LogP contribution in [-0.2, 0) is 6.42 Å². The molecule has 2 N–H and O–H groups in total. The first-order chi connectivity index (χ1) is 7.74. The van der Waals surface area contributed by atoms with Crippen LogP contribution < -0.4 is 4.74 Å². The zero-order valence-corrected chi connectivity index (χ0v) is 9.10. The highest BCUT2D eigenvalue weighted by molar-refractivity contribution is 5.41. The van der Waals surface area contributed by atoms with Gasteiger partial charge in [-0.15, -0.1) is 0 Å². The van der Waals surface area contributed by atoms with E-state index in [9.17, 15) is 10.2 Å². The first kappa shape index (κ1) is 9.97. The molecule has 1 aliphatic heterocycles. The number of aromatic hydroxyl groups is 1. The Hall–Kier alpha value is -1.22. The van der Waals surface area contributed by atoms with Gasteiger partial charge in [-0.25, -0.2) is 0 Å². The summed E-state index contributed by atoms with van der Waals surface area (Å²) < 4.78 is 5.89. The third-order valence-corrected chi connectivity index (χ3v) is 3.74. The van der Waals surface area contributed by atoms with E-state index in [0.29, 0.717) is 0 Å². The average molecular weight is 220 g/mol. The van der Waals surface area contributed by atoms with Crippen molar-refractivity contribution < 1.29 is 14.9 Å². The number of phenolic OH excluding ortho intramolecular Hbond substituents is 1. The van der Waals surface area contributed by atoms with Gasteiger partial charge < -0.3 is 14.9 Å². The topological polar surface area (TPSA) is 49.7 Å². The van der Waals surface area contributed by atoms with Crippen molar-refractivity contribution in [2.24, 2.45) is 5.92 Å². The van der Waals surface area contributed by atoms with Gasteiger partial charge in [0.2, 0.25) is 0 Å². The van der Waals surface area contributed by atoms with Gasteiger partial charge in [-0.05, 0) is 49.4 Å². The summed E-state index contributed by atoms with van der Waals surface area (Å²) in [5, 5.41) is 19.4. The maximum absolute atomic E-state index is 9.96. The number of phenols is 1. The largest absolute Gasteiger partial charge is 0.508 e. The molecule has 3 atom stereocenters. The normalized spacial score (nSPS) is 32.4. The standard InChI is InChI=1S/C13H16O3/c14-9-4-5-12-8(6-9)7-10-11(15)2-1-3-13(10)16-12/h4-6,10-11,13-15H,1-3,7H2/t10-,11-,13+/m0/s1. The molecule has 86 valence electrons. The maximum atomic E-state index is 9.96. The predicted molar refractivity (Wildman–Crippen MR) is 59.6 cm³/mol. The number of fused-ring (bicyclic) bond motifs is 2. The SMILES string of the molecule is Oc1ccc2c(c1)C[C@H]1[C@@H](O)CCC[C@H]1O2. The molecule has 1 heterocycles. The van der Waals surface area contributed by atoms with Gasteiger partial charge in [-0.1, -0.05) is 0 Å². The molecule has 1 fully saturated rings. The fourth-order valence-electron chi connectivity index (χ4n) is 2.88. The lowest BCUT2D eigenvalue weighted by atomic mass is 9.78. The molecule has 16 heavy (non-hydrogen) atoms. The molecule has 3 rings (SSSR count). The van der Waals surface area contributed by atoms with Crippen LogP contribution in [0.5, 0.6) is 11.5 Å². The maximum Gasteiger partial charge on any atom is 0.123 e. The summed E-state index contributed by atoms with van der Waals surface area (Å²) in [7, 11) is 0. The molecule has 1 aromatic rings. The van der Waals surface area contributed by atoms with Crippen molar-refractivity contribution in [2.75, 3.05) is 0 Å². The molecule has 2 aliphatic rings. The van der Waals surface area contributed by atoms with Gasteiger partial charge in [0, 0.05) is 5.92 Å². The van der Waals surface area contributed by atoms with Crippen LogP contribution >= 0.6 is 0 Å². The number of rotatable bonds is 0. The number of hydrogen-bond donors (Lipinski definition) is 2. The zero-order valence-electron chi connectivity index (χ0n) is 9.10. The molecule has 0 aromatic heterocycles. The van der Waals surface area contributed by atoms with E-state index in [1.54, 1.807) is 12.1 Å². The molecule has 3 heteroatoms. The first-order valence-corrected chi connectivity index (χ1v) is 5.90. The smallest absolute Gasteiger partial charge is 0.123 e. The number of hydrogen-bond acceptors (Lipinski definition) is 3. The number of ether oxygens (including phenoxy) is 1. The van der Waals surface area contributed by atoms with Crippen molar-refractivity contribution in [1.82, 2.24) is 0 Å². The summed E-state index contributed by atoms with van der Waals surface area (Å²) in [5.74, 6) is 1.34. The quantitative estimate of drug-likeness (QED) is 0.701. The van der Waals surface area contributed by atoms with Crippen molar-refractivity contribution in [1.29, 1.82) is 0 Å². The van der Waals surface area contributed by atoms with E-state index in [1.807, 2.05) is 6.07 Å². The molecule has 0 radical (unpaired) electrons. The number of aliphatic hydroxyl groups excluding tert-OH is 1. The summed E-state index contributed by atoms with van der Waals surface area (Å²) in [4.78, 5) is 0. The second-order valence-electron chi connectivity index (χ2n) is 4.81. The Morgan fingerprint density at radius 3 is 3.00 bits per heavy atom. The van der Waals surface area contributed by atoms with Gasteiger partial charge in [0.15, 0.2) is 0 Å². The second kappa shape index (κ2) is 3.67. The molecular weight excluding hydrogens is 204 g/mol. The van der Waals surface area contributed by atoms with Crippen LogP contribution in [0.1, 0.15) is 24.8 Å². The van der Waals surface area contributed by atoms with Crippen LogP contribution in [0.4, 0.5) is 0 Å². The fraction of sp³-hybridized carbons (Fsp3) is 0.538. The first-order valence-electron chi connectivity index (χ1n) is 5.90.